The summed E-state index contributed by atoms with van der Waals surface area (Å²) in [4.78, 5) is 20.8. The average Bonchev–Trinajstić information content (AvgIpc) is 3.13. The Morgan fingerprint density at radius 3 is 2.68 bits per heavy atom. The largest absolute Gasteiger partial charge is 0.303 e. The molecule has 3 heterocycles. The summed E-state index contributed by atoms with van der Waals surface area (Å²) in [7, 11) is 0. The number of nitrogens with zero attached hydrogens (tertiary/aromatic N) is 5. The smallest absolute Gasteiger partial charge is 0.243 e. The predicted octanol–water partition coefficient (Wildman–Crippen LogP) is 5.49. The van der Waals surface area contributed by atoms with Gasteiger partial charge in [-0.3, -0.25) is 9.69 Å². The van der Waals surface area contributed by atoms with Crippen LogP contribution in [-0.4, -0.2) is 31.4 Å². The third kappa shape index (κ3) is 4.58. The molecule has 31 heavy (non-hydrogen) atoms. The maximum absolute atomic E-state index is 13.3. The second kappa shape index (κ2) is 8.94. The van der Waals surface area contributed by atoms with Gasteiger partial charge in [0.2, 0.25) is 5.91 Å². The first kappa shape index (κ1) is 20.4. The molecule has 0 atom stereocenters. The molecule has 0 unspecified atom stereocenters. The van der Waals surface area contributed by atoms with E-state index in [2.05, 4.69) is 37.3 Å². The van der Waals surface area contributed by atoms with Gasteiger partial charge >= 0.3 is 0 Å². The van der Waals surface area contributed by atoms with Gasteiger partial charge in [0, 0.05) is 22.7 Å². The summed E-state index contributed by atoms with van der Waals surface area (Å²) < 4.78 is 2.23. The average molecular weight is 468 g/mol. The number of carbonyl (C=O) groups is 1. The zero-order valence-corrected chi connectivity index (χ0v) is 19.4. The van der Waals surface area contributed by atoms with Crippen LogP contribution in [0.15, 0.2) is 58.4 Å². The van der Waals surface area contributed by atoms with Crippen molar-refractivity contribution < 1.29 is 4.79 Å². The Morgan fingerprint density at radius 2 is 2.00 bits per heavy atom. The lowest BCUT2D eigenvalue weighted by Crippen LogP contribution is -2.27. The molecule has 1 aliphatic rings. The highest BCUT2D eigenvalue weighted by molar-refractivity contribution is 7.99. The molecule has 6 nitrogen and oxygen atoms in total. The number of hydrogen-bond donors (Lipinski definition) is 0. The van der Waals surface area contributed by atoms with E-state index in [1.807, 2.05) is 42.6 Å². The van der Waals surface area contributed by atoms with E-state index in [4.69, 9.17) is 0 Å². The number of aromatic nitrogens is 4. The molecular weight excluding hydrogens is 446 g/mol. The van der Waals surface area contributed by atoms with Crippen molar-refractivity contribution in [2.75, 3.05) is 10.7 Å². The molecule has 0 saturated heterocycles. The van der Waals surface area contributed by atoms with E-state index in [1.165, 1.54) is 28.0 Å². The standard InChI is InChI=1S/C22H21N5OS3/c1-15-13-30-21(23-15)27(16-6-3-2-4-7-16)20(28)14-31-22-25-24-19(26(22)17-9-10-17)12-18-8-5-11-29-18/h2-8,11,13,17H,9-10,12,14H2,1H3. The second-order valence-electron chi connectivity index (χ2n) is 7.38. The Morgan fingerprint density at radius 1 is 1.16 bits per heavy atom. The monoisotopic (exact) mass is 467 g/mol. The number of para-hydroxylation sites is 1. The van der Waals surface area contributed by atoms with Gasteiger partial charge in [-0.1, -0.05) is 36.0 Å². The first-order valence-corrected chi connectivity index (χ1v) is 12.8. The SMILES string of the molecule is Cc1csc(N(C(=O)CSc2nnc(Cc3cccs3)n2C2CC2)c2ccccc2)n1. The summed E-state index contributed by atoms with van der Waals surface area (Å²) in [6, 6.07) is 14.3. The highest BCUT2D eigenvalue weighted by Crippen LogP contribution is 2.39. The second-order valence-corrected chi connectivity index (χ2v) is 10.2. The van der Waals surface area contributed by atoms with Crippen molar-refractivity contribution in [2.45, 2.75) is 37.4 Å². The van der Waals surface area contributed by atoms with Crippen molar-refractivity contribution in [3.63, 3.8) is 0 Å². The van der Waals surface area contributed by atoms with Gasteiger partial charge < -0.3 is 4.57 Å². The number of carbonyl (C=O) groups excluding carboxylic acids is 1. The Bertz CT molecular complexity index is 1170. The molecule has 9 heteroatoms. The summed E-state index contributed by atoms with van der Waals surface area (Å²) in [6.07, 6.45) is 3.07. The summed E-state index contributed by atoms with van der Waals surface area (Å²) in [5, 5.41) is 14.5. The summed E-state index contributed by atoms with van der Waals surface area (Å²) in [5.41, 5.74) is 1.73. The molecule has 0 bridgehead atoms. The molecule has 1 aromatic carbocycles. The Balaban J connectivity index is 1.36. The van der Waals surface area contributed by atoms with Gasteiger partial charge in [-0.05, 0) is 43.3 Å². The van der Waals surface area contributed by atoms with Crippen molar-refractivity contribution in [1.29, 1.82) is 0 Å². The molecule has 1 saturated carbocycles. The molecule has 0 aliphatic heterocycles. The number of anilines is 2. The molecule has 1 amide bonds. The van der Waals surface area contributed by atoms with Gasteiger partial charge in [-0.2, -0.15) is 0 Å². The lowest BCUT2D eigenvalue weighted by Gasteiger charge is -2.20. The van der Waals surface area contributed by atoms with Gasteiger partial charge in [0.05, 0.1) is 17.1 Å². The van der Waals surface area contributed by atoms with Crippen LogP contribution < -0.4 is 4.90 Å². The van der Waals surface area contributed by atoms with Crippen LogP contribution in [0.4, 0.5) is 10.8 Å². The highest BCUT2D eigenvalue weighted by Gasteiger charge is 2.30. The number of aryl methyl sites for hydroxylation is 1. The van der Waals surface area contributed by atoms with Crippen molar-refractivity contribution in [3.05, 3.63) is 69.6 Å². The predicted molar refractivity (Wildman–Crippen MR) is 127 cm³/mol. The van der Waals surface area contributed by atoms with Gasteiger partial charge in [0.1, 0.15) is 5.82 Å². The van der Waals surface area contributed by atoms with E-state index in [9.17, 15) is 4.79 Å². The number of thiazole rings is 1. The molecule has 0 radical (unpaired) electrons. The number of amides is 1. The lowest BCUT2D eigenvalue weighted by molar-refractivity contribution is -0.115. The minimum absolute atomic E-state index is 0.0179. The van der Waals surface area contributed by atoms with Crippen molar-refractivity contribution >= 4 is 51.2 Å². The third-order valence-corrected chi connectivity index (χ3v) is 7.69. The summed E-state index contributed by atoms with van der Waals surface area (Å²) in [5.74, 6) is 1.24. The summed E-state index contributed by atoms with van der Waals surface area (Å²) >= 11 is 4.67. The Kier molecular flexibility index (Phi) is 5.89. The topological polar surface area (TPSA) is 63.9 Å². The fraction of sp³-hybridized carbons (Fsp3) is 0.273. The molecule has 1 fully saturated rings. The van der Waals surface area contributed by atoms with Crippen molar-refractivity contribution in [1.82, 2.24) is 19.7 Å². The van der Waals surface area contributed by atoms with E-state index in [-0.39, 0.29) is 11.7 Å². The van der Waals surface area contributed by atoms with Crippen LogP contribution in [0.3, 0.4) is 0 Å². The number of thiophene rings is 1. The maximum atomic E-state index is 13.3. The molecule has 4 aromatic rings. The third-order valence-electron chi connectivity index (χ3n) is 4.95. The van der Waals surface area contributed by atoms with Crippen LogP contribution in [0.1, 0.15) is 35.3 Å². The molecule has 1 aliphatic carbocycles. The fourth-order valence-electron chi connectivity index (χ4n) is 3.37. The van der Waals surface area contributed by atoms with Gasteiger partial charge in [0.15, 0.2) is 10.3 Å². The van der Waals surface area contributed by atoms with Gasteiger partial charge in [-0.25, -0.2) is 4.98 Å². The van der Waals surface area contributed by atoms with E-state index in [0.717, 1.165) is 41.6 Å². The zero-order chi connectivity index (χ0) is 21.2. The van der Waals surface area contributed by atoms with E-state index in [0.29, 0.717) is 11.2 Å². The normalized spacial score (nSPS) is 13.5. The first-order chi connectivity index (χ1) is 15.2. The summed E-state index contributed by atoms with van der Waals surface area (Å²) in [6.45, 7) is 1.94. The number of hydrogen-bond acceptors (Lipinski definition) is 7. The number of benzene rings is 1. The molecule has 5 rings (SSSR count). The molecule has 0 spiro atoms. The van der Waals surface area contributed by atoms with E-state index in [1.54, 1.807) is 16.2 Å². The molecule has 158 valence electrons. The number of thioether (sulfide) groups is 1. The minimum Gasteiger partial charge on any atom is -0.303 e. The molecule has 0 N–H and O–H groups in total. The van der Waals surface area contributed by atoms with Crippen LogP contribution in [0.2, 0.25) is 0 Å². The van der Waals surface area contributed by atoms with Crippen LogP contribution in [0.25, 0.3) is 0 Å². The molecule has 3 aromatic heterocycles. The van der Waals surface area contributed by atoms with E-state index < -0.39 is 0 Å². The highest BCUT2D eigenvalue weighted by atomic mass is 32.2. The van der Waals surface area contributed by atoms with Crippen molar-refractivity contribution in [3.8, 4) is 0 Å². The molecular formula is C22H21N5OS3. The van der Waals surface area contributed by atoms with Gasteiger partial charge in [-0.15, -0.1) is 32.9 Å². The Hall–Kier alpha value is -2.49. The van der Waals surface area contributed by atoms with Crippen LogP contribution in [-0.2, 0) is 11.2 Å². The fourth-order valence-corrected chi connectivity index (χ4v) is 5.78. The Labute approximate surface area is 193 Å². The zero-order valence-electron chi connectivity index (χ0n) is 17.0. The maximum Gasteiger partial charge on any atom is 0.243 e. The lowest BCUT2D eigenvalue weighted by atomic mass is 10.3. The van der Waals surface area contributed by atoms with Crippen LogP contribution >= 0.6 is 34.4 Å². The quantitative estimate of drug-likeness (QED) is 0.321. The minimum atomic E-state index is -0.0179. The first-order valence-electron chi connectivity index (χ1n) is 10.1. The number of rotatable bonds is 8. The van der Waals surface area contributed by atoms with Crippen LogP contribution in [0.5, 0.6) is 0 Å². The van der Waals surface area contributed by atoms with Gasteiger partial charge in [0.25, 0.3) is 0 Å². The van der Waals surface area contributed by atoms with Crippen molar-refractivity contribution in [2.24, 2.45) is 0 Å². The van der Waals surface area contributed by atoms with E-state index >= 15 is 0 Å². The van der Waals surface area contributed by atoms with Crippen LogP contribution in [0, 0.1) is 6.92 Å².